The number of anilines is 2. The fraction of sp³-hybridized carbons (Fsp3) is 0.333. The molecular weight excluding hydrogens is 591 g/mol. The molecule has 41 heavy (non-hydrogen) atoms. The summed E-state index contributed by atoms with van der Waals surface area (Å²) < 4.78 is 30.9. The summed E-state index contributed by atoms with van der Waals surface area (Å²) in [6.45, 7) is 5.86. The molecule has 0 bridgehead atoms. The predicted octanol–water partition coefficient (Wildman–Crippen LogP) is 3.25. The van der Waals surface area contributed by atoms with Crippen LogP contribution in [0.15, 0.2) is 53.7 Å². The monoisotopic (exact) mass is 618 g/mol. The van der Waals surface area contributed by atoms with E-state index < -0.39 is 39.0 Å². The molecule has 1 aliphatic rings. The maximum Gasteiger partial charge on any atom is 0.260 e. The van der Waals surface area contributed by atoms with Crippen molar-refractivity contribution in [1.82, 2.24) is 19.6 Å². The lowest BCUT2D eigenvalue weighted by Gasteiger charge is -2.27. The largest absolute Gasteiger partial charge is 0.389 e. The van der Waals surface area contributed by atoms with Gasteiger partial charge in [-0.05, 0) is 63.6 Å². The summed E-state index contributed by atoms with van der Waals surface area (Å²) in [6.07, 6.45) is 1.16. The molecule has 14 heteroatoms. The van der Waals surface area contributed by atoms with E-state index in [1.54, 1.807) is 31.2 Å². The normalized spacial score (nSPS) is 17.7. The summed E-state index contributed by atoms with van der Waals surface area (Å²) in [5.41, 5.74) is -1.30. The molecule has 1 aromatic heterocycles. The average Bonchev–Trinajstić information content (AvgIpc) is 3.40. The molecule has 3 aromatic rings. The molecule has 2 heterocycles. The number of fused-ring (bicyclic) bond motifs is 1. The maximum absolute atomic E-state index is 14.1. The van der Waals surface area contributed by atoms with Gasteiger partial charge in [0.25, 0.3) is 15.9 Å². The molecule has 11 nitrogen and oxygen atoms in total. The quantitative estimate of drug-likeness (QED) is 0.332. The van der Waals surface area contributed by atoms with Gasteiger partial charge in [-0.2, -0.15) is 9.98 Å². The number of imidazole rings is 1. The minimum atomic E-state index is -4.41. The van der Waals surface area contributed by atoms with Crippen molar-refractivity contribution in [2.75, 3.05) is 11.4 Å². The second-order valence-corrected chi connectivity index (χ2v) is 13.2. The molecule has 0 saturated carbocycles. The van der Waals surface area contributed by atoms with Crippen LogP contribution >= 0.6 is 23.2 Å². The van der Waals surface area contributed by atoms with Crippen molar-refractivity contribution in [3.05, 3.63) is 69.8 Å². The van der Waals surface area contributed by atoms with Gasteiger partial charge in [0, 0.05) is 23.0 Å². The van der Waals surface area contributed by atoms with Crippen molar-refractivity contribution >= 4 is 56.7 Å². The molecule has 3 N–H and O–H groups in total. The molecule has 4 rings (SSSR count). The number of nitrogens with one attached hydrogen (secondary N) is 2. The van der Waals surface area contributed by atoms with Crippen LogP contribution in [0.4, 0.5) is 11.6 Å². The van der Waals surface area contributed by atoms with Crippen LogP contribution < -0.4 is 14.9 Å². The first-order valence-corrected chi connectivity index (χ1v) is 14.7. The third-order valence-electron chi connectivity index (χ3n) is 6.50. The van der Waals surface area contributed by atoms with Crippen LogP contribution in [0.1, 0.15) is 38.8 Å². The van der Waals surface area contributed by atoms with E-state index in [-0.39, 0.29) is 34.0 Å². The number of aliphatic hydroxyl groups is 1. The third-order valence-corrected chi connectivity index (χ3v) is 8.44. The molecular formula is C27H28Cl2N6O5S. The summed E-state index contributed by atoms with van der Waals surface area (Å²) >= 11 is 12.4. The van der Waals surface area contributed by atoms with Crippen molar-refractivity contribution in [3.8, 4) is 6.07 Å². The third kappa shape index (κ3) is 6.24. The minimum Gasteiger partial charge on any atom is -0.389 e. The van der Waals surface area contributed by atoms with Gasteiger partial charge in [-0.15, -0.1) is 0 Å². The number of nitriles is 1. The van der Waals surface area contributed by atoms with Crippen LogP contribution in [0.5, 0.6) is 0 Å². The number of hydrogen-bond acceptors (Lipinski definition) is 7. The summed E-state index contributed by atoms with van der Waals surface area (Å²) in [7, 11) is -4.41. The Morgan fingerprint density at radius 1 is 1.20 bits per heavy atom. The maximum atomic E-state index is 14.1. The highest BCUT2D eigenvalue weighted by Gasteiger charge is 2.52. The Balaban J connectivity index is 1.79. The first kappa shape index (κ1) is 30.5. The van der Waals surface area contributed by atoms with Gasteiger partial charge in [-0.3, -0.25) is 14.2 Å². The Labute approximate surface area is 247 Å². The smallest absolute Gasteiger partial charge is 0.260 e. The van der Waals surface area contributed by atoms with Gasteiger partial charge in [0.05, 0.1) is 35.2 Å². The van der Waals surface area contributed by atoms with Gasteiger partial charge >= 0.3 is 0 Å². The number of sulfonamides is 1. The molecule has 0 aliphatic carbocycles. The Hall–Kier alpha value is -3.47. The van der Waals surface area contributed by atoms with Crippen LogP contribution in [-0.4, -0.2) is 53.1 Å². The zero-order chi connectivity index (χ0) is 30.3. The molecule has 0 spiro atoms. The van der Waals surface area contributed by atoms with E-state index in [1.807, 2.05) is 6.07 Å². The first-order valence-electron chi connectivity index (χ1n) is 12.5. The Morgan fingerprint density at radius 3 is 2.37 bits per heavy atom. The topological polar surface area (TPSA) is 157 Å². The van der Waals surface area contributed by atoms with Crippen molar-refractivity contribution in [2.45, 2.75) is 56.3 Å². The van der Waals surface area contributed by atoms with Crippen LogP contribution in [0.2, 0.25) is 10.0 Å². The number of nitrogens with zero attached hydrogens (tertiary/aromatic N) is 4. The highest BCUT2D eigenvalue weighted by atomic mass is 35.5. The molecule has 0 fully saturated rings. The van der Waals surface area contributed by atoms with Gasteiger partial charge in [-0.1, -0.05) is 35.3 Å². The van der Waals surface area contributed by atoms with Crippen molar-refractivity contribution in [2.24, 2.45) is 0 Å². The average molecular weight is 620 g/mol. The highest BCUT2D eigenvalue weighted by Crippen LogP contribution is 2.44. The second kappa shape index (κ2) is 11.1. The van der Waals surface area contributed by atoms with E-state index in [0.29, 0.717) is 16.8 Å². The first-order chi connectivity index (χ1) is 19.1. The minimum absolute atomic E-state index is 0.0176. The van der Waals surface area contributed by atoms with E-state index in [0.717, 1.165) is 6.20 Å². The second-order valence-electron chi connectivity index (χ2n) is 10.6. The van der Waals surface area contributed by atoms with Gasteiger partial charge in [0.1, 0.15) is 5.54 Å². The van der Waals surface area contributed by atoms with Crippen LogP contribution in [0, 0.1) is 11.3 Å². The van der Waals surface area contributed by atoms with E-state index in [1.165, 1.54) is 48.4 Å². The van der Waals surface area contributed by atoms with Crippen molar-refractivity contribution in [1.29, 1.82) is 5.26 Å². The fourth-order valence-electron chi connectivity index (χ4n) is 4.52. The van der Waals surface area contributed by atoms with Crippen molar-refractivity contribution < 1.29 is 23.1 Å². The molecule has 2 atom stereocenters. The lowest BCUT2D eigenvalue weighted by Crippen LogP contribution is -2.49. The van der Waals surface area contributed by atoms with Crippen LogP contribution in [0.3, 0.4) is 0 Å². The van der Waals surface area contributed by atoms with E-state index >= 15 is 0 Å². The Bertz CT molecular complexity index is 1640. The molecule has 1 aliphatic heterocycles. The van der Waals surface area contributed by atoms with Gasteiger partial charge < -0.3 is 10.4 Å². The van der Waals surface area contributed by atoms with E-state index in [2.05, 4.69) is 15.0 Å². The number of carbonyl (C=O) groups excluding carboxylic acids is 2. The highest BCUT2D eigenvalue weighted by molar-refractivity contribution is 7.89. The molecule has 0 saturated heterocycles. The zero-order valence-corrected chi connectivity index (χ0v) is 25.0. The summed E-state index contributed by atoms with van der Waals surface area (Å²) in [6, 6.07) is 11.9. The molecule has 216 valence electrons. The lowest BCUT2D eigenvalue weighted by molar-refractivity contribution is -0.124. The SMILES string of the molecule is CC(NS(=O)(=O)c1cnc2n1C(C)(Cc1ccc(C#N)cc1)C(=O)N2c1cc(Cl)cc(Cl)c1)C(=O)NCC(C)(C)O. The number of halogens is 2. The number of hydrogen-bond donors (Lipinski definition) is 3. The number of carbonyl (C=O) groups is 2. The summed E-state index contributed by atoms with van der Waals surface area (Å²) in [5, 5.41) is 21.7. The molecule has 2 amide bonds. The predicted molar refractivity (Wildman–Crippen MR) is 153 cm³/mol. The van der Waals surface area contributed by atoms with Gasteiger partial charge in [0.15, 0.2) is 5.03 Å². The number of amides is 2. The van der Waals surface area contributed by atoms with Crippen LogP contribution in [0.25, 0.3) is 0 Å². The molecule has 2 unspecified atom stereocenters. The lowest BCUT2D eigenvalue weighted by atomic mass is 9.91. The zero-order valence-electron chi connectivity index (χ0n) is 22.6. The van der Waals surface area contributed by atoms with Gasteiger partial charge in [-0.25, -0.2) is 18.3 Å². The molecule has 2 aromatic carbocycles. The van der Waals surface area contributed by atoms with Gasteiger partial charge in [0.2, 0.25) is 11.9 Å². The fourth-order valence-corrected chi connectivity index (χ4v) is 6.44. The Morgan fingerprint density at radius 2 is 1.80 bits per heavy atom. The number of benzene rings is 2. The van der Waals surface area contributed by atoms with E-state index in [9.17, 15) is 23.1 Å². The Kier molecular flexibility index (Phi) is 8.23. The van der Waals surface area contributed by atoms with E-state index in [4.69, 9.17) is 28.5 Å². The van der Waals surface area contributed by atoms with Crippen LogP contribution in [-0.2, 0) is 31.6 Å². The standard InChI is InChI=1S/C27H28Cl2N6O5S/c1-16(23(36)32-15-26(2,3)38)33-41(39,40)22-14-31-25-34(21-10-19(28)9-20(29)11-21)24(37)27(4,35(22)25)12-17-5-7-18(13-30)8-6-17/h5-11,14,16,33,38H,12,15H2,1-4H3,(H,32,36). The number of aromatic nitrogens is 2. The summed E-state index contributed by atoms with van der Waals surface area (Å²) in [4.78, 5) is 32.2. The summed E-state index contributed by atoms with van der Waals surface area (Å²) in [5.74, 6) is -1.12. The molecule has 0 radical (unpaired) electrons. The number of rotatable bonds is 9. The van der Waals surface area contributed by atoms with Crippen molar-refractivity contribution in [3.63, 3.8) is 0 Å².